The second-order valence-corrected chi connectivity index (χ2v) is 5.19. The lowest BCUT2D eigenvalue weighted by atomic mass is 10.2. The van der Waals surface area contributed by atoms with Gasteiger partial charge in [-0.25, -0.2) is 13.8 Å². The number of nitrogens with one attached hydrogen (secondary N) is 1. The van der Waals surface area contributed by atoms with Crippen LogP contribution in [-0.4, -0.2) is 18.1 Å². The third kappa shape index (κ3) is 3.29. The molecule has 0 atom stereocenters. The lowest BCUT2D eigenvalue weighted by molar-refractivity contribution is 0.587. The molecule has 1 saturated heterocycles. The third-order valence-corrected chi connectivity index (χ3v) is 3.67. The third-order valence-electron chi connectivity index (χ3n) is 3.67. The fraction of sp³-hybridized carbons (Fsp3) is 0.312. The minimum Gasteiger partial charge on any atom is -0.380 e. The summed E-state index contributed by atoms with van der Waals surface area (Å²) < 4.78 is 26.6. The highest BCUT2D eigenvalue weighted by atomic mass is 19.1. The molecule has 0 unspecified atom stereocenters. The van der Waals surface area contributed by atoms with Crippen LogP contribution in [-0.2, 0) is 6.54 Å². The van der Waals surface area contributed by atoms with Gasteiger partial charge in [0.2, 0.25) is 0 Å². The van der Waals surface area contributed by atoms with Gasteiger partial charge in [-0.05, 0) is 43.2 Å². The topological polar surface area (TPSA) is 28.2 Å². The molecule has 3 rings (SSSR count). The maximum absolute atomic E-state index is 13.5. The number of rotatable bonds is 4. The van der Waals surface area contributed by atoms with Crippen molar-refractivity contribution < 1.29 is 8.78 Å². The molecule has 1 aliphatic rings. The molecule has 0 saturated carbocycles. The Morgan fingerprint density at radius 2 is 1.90 bits per heavy atom. The minimum absolute atomic E-state index is 0.230. The molecule has 2 aromatic rings. The Morgan fingerprint density at radius 3 is 2.62 bits per heavy atom. The fourth-order valence-electron chi connectivity index (χ4n) is 2.50. The molecule has 3 nitrogen and oxygen atoms in total. The van der Waals surface area contributed by atoms with E-state index in [4.69, 9.17) is 0 Å². The summed E-state index contributed by atoms with van der Waals surface area (Å²) in [5, 5.41) is 3.06. The number of aromatic nitrogens is 1. The molecule has 1 N–H and O–H groups in total. The highest BCUT2D eigenvalue weighted by molar-refractivity contribution is 5.49. The molecule has 1 aromatic heterocycles. The summed E-state index contributed by atoms with van der Waals surface area (Å²) in [6.45, 7) is 2.33. The van der Waals surface area contributed by atoms with Crippen molar-refractivity contribution >= 4 is 11.5 Å². The van der Waals surface area contributed by atoms with Crippen LogP contribution in [0.4, 0.5) is 20.3 Å². The van der Waals surface area contributed by atoms with E-state index in [9.17, 15) is 8.78 Å². The van der Waals surface area contributed by atoms with Gasteiger partial charge in [-0.15, -0.1) is 0 Å². The Hall–Kier alpha value is -2.17. The second kappa shape index (κ2) is 6.08. The Kier molecular flexibility index (Phi) is 3.99. The number of hydrogen-bond acceptors (Lipinski definition) is 3. The Balaban J connectivity index is 1.64. The molecular formula is C16H17F2N3. The number of pyridine rings is 1. The highest BCUT2D eigenvalue weighted by Gasteiger charge is 2.13. The van der Waals surface area contributed by atoms with E-state index in [0.717, 1.165) is 36.7 Å². The van der Waals surface area contributed by atoms with Gasteiger partial charge < -0.3 is 10.2 Å². The van der Waals surface area contributed by atoms with Crippen molar-refractivity contribution in [1.29, 1.82) is 0 Å². The predicted octanol–water partition coefficient (Wildman–Crippen LogP) is 3.57. The van der Waals surface area contributed by atoms with Crippen molar-refractivity contribution in [3.05, 3.63) is 53.7 Å². The van der Waals surface area contributed by atoms with Gasteiger partial charge in [-0.2, -0.15) is 0 Å². The largest absolute Gasteiger partial charge is 0.380 e. The van der Waals surface area contributed by atoms with Gasteiger partial charge >= 0.3 is 0 Å². The van der Waals surface area contributed by atoms with Crippen LogP contribution in [0.2, 0.25) is 0 Å². The molecule has 2 heterocycles. The summed E-state index contributed by atoms with van der Waals surface area (Å²) in [6.07, 6.45) is 4.14. The first-order valence-electron chi connectivity index (χ1n) is 7.11. The van der Waals surface area contributed by atoms with Crippen LogP contribution in [0, 0.1) is 11.6 Å². The number of benzene rings is 1. The van der Waals surface area contributed by atoms with E-state index in [0.29, 0.717) is 5.56 Å². The first-order chi connectivity index (χ1) is 10.2. The Morgan fingerprint density at radius 1 is 1.10 bits per heavy atom. The molecule has 0 spiro atoms. The smallest absolute Gasteiger partial charge is 0.128 e. The van der Waals surface area contributed by atoms with Crippen molar-refractivity contribution in [3.63, 3.8) is 0 Å². The van der Waals surface area contributed by atoms with Crippen molar-refractivity contribution in [2.45, 2.75) is 19.4 Å². The van der Waals surface area contributed by atoms with Crippen LogP contribution in [0.3, 0.4) is 0 Å². The molecular weight excluding hydrogens is 272 g/mol. The van der Waals surface area contributed by atoms with Crippen LogP contribution in [0.15, 0.2) is 36.5 Å². The summed E-state index contributed by atoms with van der Waals surface area (Å²) in [7, 11) is 0. The quantitative estimate of drug-likeness (QED) is 0.932. The van der Waals surface area contributed by atoms with Crippen LogP contribution in [0.1, 0.15) is 18.4 Å². The number of anilines is 2. The molecule has 0 bridgehead atoms. The zero-order valence-corrected chi connectivity index (χ0v) is 11.6. The van der Waals surface area contributed by atoms with E-state index in [-0.39, 0.29) is 6.54 Å². The monoisotopic (exact) mass is 289 g/mol. The second-order valence-electron chi connectivity index (χ2n) is 5.19. The number of hydrogen-bond donors (Lipinski definition) is 1. The minimum atomic E-state index is -0.435. The van der Waals surface area contributed by atoms with Gasteiger partial charge in [-0.1, -0.05) is 0 Å². The molecule has 21 heavy (non-hydrogen) atoms. The molecule has 5 heteroatoms. The maximum atomic E-state index is 13.5. The van der Waals surface area contributed by atoms with Crippen molar-refractivity contribution in [1.82, 2.24) is 4.98 Å². The van der Waals surface area contributed by atoms with Gasteiger partial charge in [0, 0.05) is 25.2 Å². The lowest BCUT2D eigenvalue weighted by Crippen LogP contribution is -2.18. The number of nitrogens with zero attached hydrogens (tertiary/aromatic N) is 2. The maximum Gasteiger partial charge on any atom is 0.128 e. The highest BCUT2D eigenvalue weighted by Crippen LogP contribution is 2.19. The summed E-state index contributed by atoms with van der Waals surface area (Å²) in [4.78, 5) is 6.65. The summed E-state index contributed by atoms with van der Waals surface area (Å²) in [5.74, 6) is 0.122. The lowest BCUT2D eigenvalue weighted by Gasteiger charge is -2.16. The van der Waals surface area contributed by atoms with Gasteiger partial charge in [0.05, 0.1) is 11.9 Å². The van der Waals surface area contributed by atoms with E-state index in [1.54, 1.807) is 6.20 Å². The molecule has 0 aliphatic carbocycles. The van der Waals surface area contributed by atoms with Crippen molar-refractivity contribution in [3.8, 4) is 0 Å². The van der Waals surface area contributed by atoms with Crippen molar-refractivity contribution in [2.24, 2.45) is 0 Å². The average Bonchev–Trinajstić information content (AvgIpc) is 3.03. The van der Waals surface area contributed by atoms with Gasteiger partial charge in [-0.3, -0.25) is 0 Å². The van der Waals surface area contributed by atoms with Gasteiger partial charge in [0.1, 0.15) is 17.5 Å². The fourth-order valence-corrected chi connectivity index (χ4v) is 2.50. The van der Waals surface area contributed by atoms with Crippen LogP contribution in [0.25, 0.3) is 0 Å². The van der Waals surface area contributed by atoms with E-state index in [1.165, 1.54) is 18.9 Å². The standard InChI is InChI=1S/C16H17F2N3/c17-13-3-5-15(18)12(9-13)10-19-14-4-6-16(20-11-14)21-7-1-2-8-21/h3-6,9,11,19H,1-2,7-8,10H2. The van der Waals surface area contributed by atoms with Crippen molar-refractivity contribution in [2.75, 3.05) is 23.3 Å². The predicted molar refractivity (Wildman–Crippen MR) is 79.4 cm³/mol. The Bertz CT molecular complexity index is 607. The first-order valence-corrected chi connectivity index (χ1v) is 7.11. The molecule has 0 amide bonds. The van der Waals surface area contributed by atoms with E-state index < -0.39 is 11.6 Å². The summed E-state index contributed by atoms with van der Waals surface area (Å²) in [6, 6.07) is 7.33. The van der Waals surface area contributed by atoms with E-state index >= 15 is 0 Å². The molecule has 1 fully saturated rings. The SMILES string of the molecule is Fc1ccc(F)c(CNc2ccc(N3CCCC3)nc2)c1. The van der Waals surface area contributed by atoms with Crippen LogP contribution in [0.5, 0.6) is 0 Å². The first kappa shape index (κ1) is 13.8. The molecule has 0 radical (unpaired) electrons. The van der Waals surface area contributed by atoms with E-state index in [2.05, 4.69) is 15.2 Å². The molecule has 1 aromatic carbocycles. The van der Waals surface area contributed by atoms with Gasteiger partial charge in [0.25, 0.3) is 0 Å². The van der Waals surface area contributed by atoms with Crippen LogP contribution >= 0.6 is 0 Å². The number of halogens is 2. The average molecular weight is 289 g/mol. The van der Waals surface area contributed by atoms with Crippen LogP contribution < -0.4 is 10.2 Å². The molecule has 1 aliphatic heterocycles. The molecule has 110 valence electrons. The van der Waals surface area contributed by atoms with E-state index in [1.807, 2.05) is 12.1 Å². The zero-order valence-electron chi connectivity index (χ0n) is 11.6. The zero-order chi connectivity index (χ0) is 14.7. The normalized spacial score (nSPS) is 14.5. The Labute approximate surface area is 122 Å². The summed E-state index contributed by atoms with van der Waals surface area (Å²) >= 11 is 0. The summed E-state index contributed by atoms with van der Waals surface area (Å²) in [5.41, 5.74) is 1.10. The van der Waals surface area contributed by atoms with Gasteiger partial charge in [0.15, 0.2) is 0 Å².